The molecule has 0 bridgehead atoms. The number of carbonyl (C=O) groups excluding carboxylic acids is 1. The Bertz CT molecular complexity index is 999. The van der Waals surface area contributed by atoms with Crippen molar-refractivity contribution in [1.82, 2.24) is 10.2 Å². The molecule has 27 heavy (non-hydrogen) atoms. The minimum atomic E-state index is -0.0390. The van der Waals surface area contributed by atoms with Crippen molar-refractivity contribution in [1.29, 1.82) is 0 Å². The second kappa shape index (κ2) is 7.44. The summed E-state index contributed by atoms with van der Waals surface area (Å²) in [4.78, 5) is 12.5. The van der Waals surface area contributed by atoms with Gasteiger partial charge in [0.05, 0.1) is 5.75 Å². The Morgan fingerprint density at radius 2 is 1.81 bits per heavy atom. The summed E-state index contributed by atoms with van der Waals surface area (Å²) in [6, 6.07) is 11.2. The number of rotatable bonds is 5. The summed E-state index contributed by atoms with van der Waals surface area (Å²) in [5, 5.41) is 8.48. The van der Waals surface area contributed by atoms with Crippen LogP contribution in [0.15, 0.2) is 46.0 Å². The molecule has 0 saturated heterocycles. The largest absolute Gasteiger partial charge is 0.486 e. The summed E-state index contributed by atoms with van der Waals surface area (Å²) in [5.41, 5.74) is 3.81. The minimum Gasteiger partial charge on any atom is -0.486 e. The van der Waals surface area contributed by atoms with Crippen LogP contribution in [0.5, 0.6) is 11.5 Å². The van der Waals surface area contributed by atoms with Gasteiger partial charge in [0.15, 0.2) is 17.3 Å². The fraction of sp³-hybridized carbons (Fsp3) is 0.250. The molecule has 0 aliphatic carbocycles. The predicted octanol–water partition coefficient (Wildman–Crippen LogP) is 4.10. The van der Waals surface area contributed by atoms with Gasteiger partial charge in [-0.25, -0.2) is 0 Å². The van der Waals surface area contributed by atoms with Crippen molar-refractivity contribution in [3.63, 3.8) is 0 Å². The molecule has 138 valence electrons. The molecule has 4 rings (SSSR count). The topological polar surface area (TPSA) is 74.5 Å². The molecular formula is C20H18N2O4S. The Balaban J connectivity index is 1.42. The van der Waals surface area contributed by atoms with E-state index in [0.717, 1.165) is 11.1 Å². The van der Waals surface area contributed by atoms with E-state index in [-0.39, 0.29) is 11.5 Å². The third-order valence-corrected chi connectivity index (χ3v) is 5.17. The van der Waals surface area contributed by atoms with Gasteiger partial charge in [-0.05, 0) is 55.3 Å². The van der Waals surface area contributed by atoms with Gasteiger partial charge in [-0.15, -0.1) is 10.2 Å². The van der Waals surface area contributed by atoms with Gasteiger partial charge in [0.25, 0.3) is 5.22 Å². The van der Waals surface area contributed by atoms with Crippen molar-refractivity contribution in [2.75, 3.05) is 19.0 Å². The molecule has 1 aromatic heterocycles. The fourth-order valence-electron chi connectivity index (χ4n) is 2.69. The Kier molecular flexibility index (Phi) is 4.85. The molecule has 2 heterocycles. The molecule has 3 aromatic rings. The fourth-order valence-corrected chi connectivity index (χ4v) is 3.34. The van der Waals surface area contributed by atoms with Crippen LogP contribution in [0.1, 0.15) is 21.5 Å². The van der Waals surface area contributed by atoms with Crippen LogP contribution < -0.4 is 9.47 Å². The number of hydrogen-bond acceptors (Lipinski definition) is 7. The number of fused-ring (bicyclic) bond motifs is 1. The number of benzene rings is 2. The molecular weight excluding hydrogens is 364 g/mol. The van der Waals surface area contributed by atoms with E-state index in [0.29, 0.717) is 41.4 Å². The molecule has 0 radical (unpaired) electrons. The van der Waals surface area contributed by atoms with E-state index < -0.39 is 0 Å². The number of nitrogens with zero attached hydrogens (tertiary/aromatic N) is 2. The van der Waals surface area contributed by atoms with Gasteiger partial charge in [-0.1, -0.05) is 17.8 Å². The zero-order valence-electron chi connectivity index (χ0n) is 15.0. The van der Waals surface area contributed by atoms with Crippen molar-refractivity contribution in [2.24, 2.45) is 0 Å². The molecule has 0 N–H and O–H groups in total. The molecule has 0 fully saturated rings. The highest BCUT2D eigenvalue weighted by molar-refractivity contribution is 7.99. The molecule has 6 nitrogen and oxygen atoms in total. The van der Waals surface area contributed by atoms with Gasteiger partial charge in [0, 0.05) is 11.1 Å². The van der Waals surface area contributed by atoms with E-state index in [1.54, 1.807) is 18.2 Å². The molecule has 1 aliphatic heterocycles. The van der Waals surface area contributed by atoms with Crippen LogP contribution in [0.4, 0.5) is 0 Å². The lowest BCUT2D eigenvalue weighted by Gasteiger charge is -2.18. The third kappa shape index (κ3) is 3.83. The van der Waals surface area contributed by atoms with Crippen molar-refractivity contribution in [3.8, 4) is 23.0 Å². The molecule has 7 heteroatoms. The maximum atomic E-state index is 12.5. The number of carbonyl (C=O) groups is 1. The van der Waals surface area contributed by atoms with Crippen LogP contribution in [0.2, 0.25) is 0 Å². The van der Waals surface area contributed by atoms with E-state index in [2.05, 4.69) is 17.1 Å². The summed E-state index contributed by atoms with van der Waals surface area (Å²) >= 11 is 1.22. The highest BCUT2D eigenvalue weighted by atomic mass is 32.2. The van der Waals surface area contributed by atoms with Gasteiger partial charge < -0.3 is 13.9 Å². The van der Waals surface area contributed by atoms with Crippen LogP contribution in [0.25, 0.3) is 11.5 Å². The van der Waals surface area contributed by atoms with E-state index in [1.807, 2.05) is 25.1 Å². The molecule has 0 atom stereocenters. The SMILES string of the molecule is Cc1ccc(-c2nnc(SCC(=O)c3ccc4c(c3)OCCO4)o2)cc1C. The van der Waals surface area contributed by atoms with Crippen molar-refractivity contribution < 1.29 is 18.7 Å². The first-order valence-corrected chi connectivity index (χ1v) is 9.55. The standard InChI is InChI=1S/C20H18N2O4S/c1-12-3-4-15(9-13(12)2)19-21-22-20(26-19)27-11-16(23)14-5-6-17-18(10-14)25-8-7-24-17/h3-6,9-10H,7-8,11H2,1-2H3. The highest BCUT2D eigenvalue weighted by Gasteiger charge is 2.17. The summed E-state index contributed by atoms with van der Waals surface area (Å²) in [6.07, 6.45) is 0. The monoisotopic (exact) mass is 382 g/mol. The van der Waals surface area contributed by atoms with Crippen LogP contribution in [-0.4, -0.2) is 34.9 Å². The zero-order chi connectivity index (χ0) is 18.8. The van der Waals surface area contributed by atoms with Gasteiger partial charge in [0.1, 0.15) is 13.2 Å². The molecule has 0 saturated carbocycles. The minimum absolute atomic E-state index is 0.0390. The van der Waals surface area contributed by atoms with Crippen LogP contribution in [0.3, 0.4) is 0 Å². The third-order valence-electron chi connectivity index (χ3n) is 4.35. The predicted molar refractivity (Wildman–Crippen MR) is 102 cm³/mol. The second-order valence-electron chi connectivity index (χ2n) is 6.24. The zero-order valence-corrected chi connectivity index (χ0v) is 15.8. The van der Waals surface area contributed by atoms with Gasteiger partial charge in [-0.2, -0.15) is 0 Å². The summed E-state index contributed by atoms with van der Waals surface area (Å²) in [7, 11) is 0. The molecule has 0 amide bonds. The second-order valence-corrected chi connectivity index (χ2v) is 7.17. The van der Waals surface area contributed by atoms with Crippen molar-refractivity contribution in [2.45, 2.75) is 19.1 Å². The Labute approximate surface area is 160 Å². The van der Waals surface area contributed by atoms with Crippen LogP contribution in [0, 0.1) is 13.8 Å². The lowest BCUT2D eigenvalue weighted by Crippen LogP contribution is -2.16. The molecule has 0 spiro atoms. The normalized spacial score (nSPS) is 12.8. The van der Waals surface area contributed by atoms with Gasteiger partial charge in [0.2, 0.25) is 5.89 Å². The van der Waals surface area contributed by atoms with Crippen LogP contribution >= 0.6 is 11.8 Å². The number of ketones is 1. The summed E-state index contributed by atoms with van der Waals surface area (Å²) < 4.78 is 16.7. The van der Waals surface area contributed by atoms with Crippen LogP contribution in [-0.2, 0) is 0 Å². The Morgan fingerprint density at radius 1 is 1.00 bits per heavy atom. The summed E-state index contributed by atoms with van der Waals surface area (Å²) in [6.45, 7) is 5.10. The first kappa shape index (κ1) is 17.6. The smallest absolute Gasteiger partial charge is 0.277 e. The highest BCUT2D eigenvalue weighted by Crippen LogP contribution is 2.31. The number of ether oxygens (including phenoxy) is 2. The van der Waals surface area contributed by atoms with Gasteiger partial charge in [-0.3, -0.25) is 4.79 Å². The van der Waals surface area contributed by atoms with E-state index in [9.17, 15) is 4.79 Å². The van der Waals surface area contributed by atoms with Crippen molar-refractivity contribution >= 4 is 17.5 Å². The number of Topliss-reactive ketones (excluding diaryl/α,β-unsaturated/α-hetero) is 1. The Hall–Kier alpha value is -2.80. The average Bonchev–Trinajstić information content (AvgIpc) is 3.17. The van der Waals surface area contributed by atoms with Gasteiger partial charge >= 0.3 is 0 Å². The maximum absolute atomic E-state index is 12.5. The molecule has 2 aromatic carbocycles. The first-order valence-electron chi connectivity index (χ1n) is 8.57. The van der Waals surface area contributed by atoms with E-state index in [4.69, 9.17) is 13.9 Å². The van der Waals surface area contributed by atoms with E-state index >= 15 is 0 Å². The average molecular weight is 382 g/mol. The quantitative estimate of drug-likeness (QED) is 0.486. The van der Waals surface area contributed by atoms with E-state index in [1.165, 1.54) is 17.3 Å². The maximum Gasteiger partial charge on any atom is 0.277 e. The van der Waals surface area contributed by atoms with Crippen molar-refractivity contribution in [3.05, 3.63) is 53.1 Å². The number of aromatic nitrogens is 2. The molecule has 1 aliphatic rings. The lowest BCUT2D eigenvalue weighted by atomic mass is 10.1. The number of aryl methyl sites for hydroxylation is 2. The summed E-state index contributed by atoms with van der Waals surface area (Å²) in [5.74, 6) is 1.89. The molecule has 0 unspecified atom stereocenters. The lowest BCUT2D eigenvalue weighted by molar-refractivity contribution is 0.102. The first-order chi connectivity index (χ1) is 13.1. The number of thioether (sulfide) groups is 1. The Morgan fingerprint density at radius 3 is 2.63 bits per heavy atom. The number of hydrogen-bond donors (Lipinski definition) is 0.